The summed E-state index contributed by atoms with van der Waals surface area (Å²) in [5, 5.41) is 0. The summed E-state index contributed by atoms with van der Waals surface area (Å²) in [7, 11) is 0. The van der Waals surface area contributed by atoms with Crippen LogP contribution in [0.3, 0.4) is 0 Å². The van der Waals surface area contributed by atoms with E-state index in [1.54, 1.807) is 0 Å². The second kappa shape index (κ2) is 69.1. The van der Waals surface area contributed by atoms with E-state index in [9.17, 15) is 14.4 Å². The third-order valence-electron chi connectivity index (χ3n) is 15.4. The standard InChI is InChI=1S/C75H132O6/c1-4-7-10-13-16-18-20-22-24-26-28-30-32-34-36-37-39-40-42-44-46-48-50-52-54-56-59-62-65-68-74(77)80-71-72(70-79-73(76)67-64-61-58-15-12-9-6-3)81-75(78)69-66-63-60-57-55-53-51-49-47-45-43-41-38-35-33-31-29-27-25-23-21-19-17-14-11-8-5-2/h8,11,17,19-20,22-23,25-26,28-29,31-32,34,72H,4-7,9-10,12-16,18,21,24,27,30,33,35-71H2,1-3H3/b11-8-,19-17-,22-20-,25-23-,28-26-,31-29-,34-32-. The first-order valence-corrected chi connectivity index (χ1v) is 35.1. The maximum Gasteiger partial charge on any atom is 0.306 e. The maximum absolute atomic E-state index is 12.9. The van der Waals surface area contributed by atoms with Crippen LogP contribution in [0, 0.1) is 0 Å². The third kappa shape index (κ3) is 67.3. The quantitative estimate of drug-likeness (QED) is 0.0261. The first-order chi connectivity index (χ1) is 40.0. The van der Waals surface area contributed by atoms with E-state index in [0.717, 1.165) is 96.3 Å². The van der Waals surface area contributed by atoms with Crippen molar-refractivity contribution in [1.29, 1.82) is 0 Å². The molecule has 0 aromatic heterocycles. The highest BCUT2D eigenvalue weighted by Crippen LogP contribution is 2.17. The van der Waals surface area contributed by atoms with Gasteiger partial charge in [0, 0.05) is 19.3 Å². The number of hydrogen-bond donors (Lipinski definition) is 0. The molecule has 0 N–H and O–H groups in total. The van der Waals surface area contributed by atoms with Gasteiger partial charge in [0.1, 0.15) is 13.2 Å². The second-order valence-corrected chi connectivity index (χ2v) is 23.4. The molecule has 0 aromatic carbocycles. The lowest BCUT2D eigenvalue weighted by molar-refractivity contribution is -0.167. The van der Waals surface area contributed by atoms with Gasteiger partial charge in [0.05, 0.1) is 0 Å². The normalized spacial score (nSPS) is 12.6. The molecule has 81 heavy (non-hydrogen) atoms. The number of ether oxygens (including phenoxy) is 3. The lowest BCUT2D eigenvalue weighted by atomic mass is 10.0. The number of hydrogen-bond acceptors (Lipinski definition) is 6. The molecule has 0 amide bonds. The molecule has 0 spiro atoms. The van der Waals surface area contributed by atoms with Gasteiger partial charge >= 0.3 is 17.9 Å². The summed E-state index contributed by atoms with van der Waals surface area (Å²) in [6.07, 6.45) is 92.1. The minimum atomic E-state index is -0.774. The highest BCUT2D eigenvalue weighted by molar-refractivity contribution is 5.71. The fourth-order valence-corrected chi connectivity index (χ4v) is 10.2. The molecule has 0 bridgehead atoms. The second-order valence-electron chi connectivity index (χ2n) is 23.4. The number of carbonyl (C=O) groups is 3. The Balaban J connectivity index is 4.06. The van der Waals surface area contributed by atoms with E-state index < -0.39 is 6.10 Å². The largest absolute Gasteiger partial charge is 0.462 e. The Morgan fingerprint density at radius 2 is 0.481 bits per heavy atom. The Morgan fingerprint density at radius 1 is 0.259 bits per heavy atom. The molecule has 0 heterocycles. The molecule has 6 nitrogen and oxygen atoms in total. The third-order valence-corrected chi connectivity index (χ3v) is 15.4. The summed E-state index contributed by atoms with van der Waals surface area (Å²) in [4.78, 5) is 38.2. The van der Waals surface area contributed by atoms with Crippen molar-refractivity contribution in [2.45, 2.75) is 361 Å². The number of unbranched alkanes of at least 4 members (excludes halogenated alkanes) is 39. The van der Waals surface area contributed by atoms with Crippen LogP contribution >= 0.6 is 0 Å². The van der Waals surface area contributed by atoms with Crippen LogP contribution < -0.4 is 0 Å². The lowest BCUT2D eigenvalue weighted by Gasteiger charge is -2.18. The van der Waals surface area contributed by atoms with E-state index in [4.69, 9.17) is 14.2 Å². The minimum absolute atomic E-state index is 0.0730. The van der Waals surface area contributed by atoms with E-state index >= 15 is 0 Å². The van der Waals surface area contributed by atoms with E-state index in [1.165, 1.54) is 218 Å². The summed E-state index contributed by atoms with van der Waals surface area (Å²) in [6.45, 7) is 6.51. The van der Waals surface area contributed by atoms with Crippen molar-refractivity contribution in [3.8, 4) is 0 Å². The van der Waals surface area contributed by atoms with Gasteiger partial charge in [0.2, 0.25) is 0 Å². The predicted molar refractivity (Wildman–Crippen MR) is 353 cm³/mol. The van der Waals surface area contributed by atoms with Crippen LogP contribution in [0.1, 0.15) is 355 Å². The van der Waals surface area contributed by atoms with Crippen LogP contribution in [0.4, 0.5) is 0 Å². The molecular weight excluding hydrogens is 997 g/mol. The highest BCUT2D eigenvalue weighted by Gasteiger charge is 2.19. The molecule has 0 saturated carbocycles. The monoisotopic (exact) mass is 1130 g/mol. The molecule has 0 rings (SSSR count). The van der Waals surface area contributed by atoms with Crippen molar-refractivity contribution in [1.82, 2.24) is 0 Å². The highest BCUT2D eigenvalue weighted by atomic mass is 16.6. The number of carbonyl (C=O) groups excluding carboxylic acids is 3. The molecule has 0 aliphatic rings. The van der Waals surface area contributed by atoms with Gasteiger partial charge < -0.3 is 14.2 Å². The lowest BCUT2D eigenvalue weighted by Crippen LogP contribution is -2.30. The number of rotatable bonds is 64. The summed E-state index contributed by atoms with van der Waals surface area (Å²) >= 11 is 0. The minimum Gasteiger partial charge on any atom is -0.462 e. The van der Waals surface area contributed by atoms with Gasteiger partial charge in [-0.05, 0) is 96.3 Å². The fourth-order valence-electron chi connectivity index (χ4n) is 10.2. The van der Waals surface area contributed by atoms with E-state index in [1.807, 2.05) is 0 Å². The van der Waals surface area contributed by atoms with Crippen LogP contribution in [0.25, 0.3) is 0 Å². The smallest absolute Gasteiger partial charge is 0.306 e. The van der Waals surface area contributed by atoms with Crippen molar-refractivity contribution in [3.05, 3.63) is 85.1 Å². The first kappa shape index (κ1) is 77.6. The zero-order valence-electron chi connectivity index (χ0n) is 53.8. The zero-order chi connectivity index (χ0) is 58.5. The topological polar surface area (TPSA) is 78.9 Å². The summed E-state index contributed by atoms with van der Waals surface area (Å²) < 4.78 is 16.9. The molecule has 468 valence electrons. The maximum atomic E-state index is 12.9. The first-order valence-electron chi connectivity index (χ1n) is 35.1. The average molecular weight is 1130 g/mol. The molecular formula is C75H132O6. The Bertz CT molecular complexity index is 1530. The molecule has 0 fully saturated rings. The van der Waals surface area contributed by atoms with Crippen LogP contribution in [-0.4, -0.2) is 37.2 Å². The van der Waals surface area contributed by atoms with Gasteiger partial charge in [0.15, 0.2) is 6.10 Å². The van der Waals surface area contributed by atoms with Gasteiger partial charge in [-0.3, -0.25) is 14.4 Å². The van der Waals surface area contributed by atoms with Crippen LogP contribution in [0.5, 0.6) is 0 Å². The van der Waals surface area contributed by atoms with Crippen molar-refractivity contribution >= 4 is 17.9 Å². The Hall–Kier alpha value is -3.41. The van der Waals surface area contributed by atoms with Gasteiger partial charge in [0.25, 0.3) is 0 Å². The summed E-state index contributed by atoms with van der Waals surface area (Å²) in [5.74, 6) is -0.864. The van der Waals surface area contributed by atoms with Crippen molar-refractivity contribution in [2.75, 3.05) is 13.2 Å². The average Bonchev–Trinajstić information content (AvgIpc) is 3.46. The zero-order valence-corrected chi connectivity index (χ0v) is 53.8. The molecule has 0 saturated heterocycles. The molecule has 0 radical (unpaired) electrons. The van der Waals surface area contributed by atoms with Gasteiger partial charge in [-0.25, -0.2) is 0 Å². The van der Waals surface area contributed by atoms with Crippen molar-refractivity contribution in [3.63, 3.8) is 0 Å². The van der Waals surface area contributed by atoms with Crippen molar-refractivity contribution in [2.24, 2.45) is 0 Å². The van der Waals surface area contributed by atoms with Crippen LogP contribution in [0.2, 0.25) is 0 Å². The number of allylic oxidation sites excluding steroid dienone is 14. The molecule has 0 aromatic rings. The fraction of sp³-hybridized carbons (Fsp3) is 0.773. The molecule has 0 aliphatic carbocycles. The van der Waals surface area contributed by atoms with Crippen LogP contribution in [-0.2, 0) is 28.6 Å². The molecule has 1 unspecified atom stereocenters. The summed E-state index contributed by atoms with van der Waals surface area (Å²) in [6, 6.07) is 0. The predicted octanol–water partition coefficient (Wildman–Crippen LogP) is 24.2. The van der Waals surface area contributed by atoms with Crippen molar-refractivity contribution < 1.29 is 28.6 Å². The van der Waals surface area contributed by atoms with E-state index in [2.05, 4.69) is 106 Å². The molecule has 6 heteroatoms. The Morgan fingerprint density at radius 3 is 0.753 bits per heavy atom. The van der Waals surface area contributed by atoms with E-state index in [-0.39, 0.29) is 31.1 Å². The van der Waals surface area contributed by atoms with Crippen LogP contribution in [0.15, 0.2) is 85.1 Å². The molecule has 1 atom stereocenters. The Labute approximate surface area is 503 Å². The SMILES string of the molecule is CC/C=C\C/C=C\C/C=C\C/C=C\CCCCCCCCCCCCCCCCC(=O)OC(COC(=O)CCCCCCCCC)COC(=O)CCCCCCCCCCCCCCCC/C=C\C/C=C\C/C=C\CCCCCCC. The number of esters is 3. The van der Waals surface area contributed by atoms with Gasteiger partial charge in [-0.1, -0.05) is 324 Å². The Kier molecular flexibility index (Phi) is 66.2. The summed E-state index contributed by atoms with van der Waals surface area (Å²) in [5.41, 5.74) is 0. The van der Waals surface area contributed by atoms with Gasteiger partial charge in [-0.2, -0.15) is 0 Å². The molecule has 0 aliphatic heterocycles. The van der Waals surface area contributed by atoms with E-state index in [0.29, 0.717) is 19.3 Å². The van der Waals surface area contributed by atoms with Gasteiger partial charge in [-0.15, -0.1) is 0 Å².